The predicted molar refractivity (Wildman–Crippen MR) is 70.4 cm³/mol. The van der Waals surface area contributed by atoms with Gasteiger partial charge in [-0.2, -0.15) is 0 Å². The first-order chi connectivity index (χ1) is 7.65. The smallest absolute Gasteiger partial charge is 0.223 e. The van der Waals surface area contributed by atoms with E-state index in [1.807, 2.05) is 44.2 Å². The molecule has 0 unspecified atom stereocenters. The van der Waals surface area contributed by atoms with Crippen LogP contribution in [0.4, 0.5) is 0 Å². The Kier molecular flexibility index (Phi) is 5.29. The molecule has 0 atom stereocenters. The van der Waals surface area contributed by atoms with Crippen molar-refractivity contribution in [2.75, 3.05) is 6.54 Å². The average Bonchev–Trinajstić information content (AvgIpc) is 2.29. The van der Waals surface area contributed by atoms with Crippen LogP contribution in [0, 0.1) is 0 Å². The molecule has 0 heterocycles. The number of benzene rings is 1. The van der Waals surface area contributed by atoms with Crippen molar-refractivity contribution in [2.24, 2.45) is 5.73 Å². The maximum Gasteiger partial charge on any atom is 0.223 e. The topological polar surface area (TPSA) is 43.1 Å². The standard InChI is InChI=1S/C13H17NOS/c1-10(2)12(8-9-14)16-13(15)11-6-4-3-5-7-11/h3-7H,8-9,14H2,1-2H3. The largest absolute Gasteiger partial charge is 0.330 e. The van der Waals surface area contributed by atoms with E-state index in [0.29, 0.717) is 6.54 Å². The zero-order valence-corrected chi connectivity index (χ0v) is 10.5. The van der Waals surface area contributed by atoms with E-state index in [2.05, 4.69) is 0 Å². The van der Waals surface area contributed by atoms with Gasteiger partial charge in [0.2, 0.25) is 5.12 Å². The van der Waals surface area contributed by atoms with E-state index in [1.54, 1.807) is 0 Å². The van der Waals surface area contributed by atoms with Gasteiger partial charge in [0.15, 0.2) is 0 Å². The van der Waals surface area contributed by atoms with Crippen LogP contribution in [0.1, 0.15) is 30.6 Å². The Bertz CT molecular complexity index is 380. The first-order valence-corrected chi connectivity index (χ1v) is 6.10. The van der Waals surface area contributed by atoms with Gasteiger partial charge in [-0.25, -0.2) is 0 Å². The lowest BCUT2D eigenvalue weighted by Gasteiger charge is -2.07. The Morgan fingerprint density at radius 3 is 2.38 bits per heavy atom. The van der Waals surface area contributed by atoms with Crippen molar-refractivity contribution in [3.8, 4) is 0 Å². The van der Waals surface area contributed by atoms with Crippen LogP contribution in [0.3, 0.4) is 0 Å². The van der Waals surface area contributed by atoms with Crippen molar-refractivity contribution >= 4 is 16.9 Å². The molecule has 1 rings (SSSR count). The molecule has 0 aliphatic rings. The molecule has 0 aliphatic heterocycles. The Balaban J connectivity index is 2.74. The maximum absolute atomic E-state index is 11.9. The summed E-state index contributed by atoms with van der Waals surface area (Å²) in [5.74, 6) is 0. The molecule has 3 heteroatoms. The third kappa shape index (κ3) is 3.83. The van der Waals surface area contributed by atoms with Gasteiger partial charge in [-0.05, 0) is 31.7 Å². The quantitative estimate of drug-likeness (QED) is 0.871. The van der Waals surface area contributed by atoms with Crippen LogP contribution in [0.5, 0.6) is 0 Å². The van der Waals surface area contributed by atoms with Gasteiger partial charge in [-0.1, -0.05) is 47.7 Å². The third-order valence-electron chi connectivity index (χ3n) is 2.15. The normalized spacial score (nSPS) is 9.94. The maximum atomic E-state index is 11.9. The summed E-state index contributed by atoms with van der Waals surface area (Å²) in [7, 11) is 0. The number of thioether (sulfide) groups is 1. The van der Waals surface area contributed by atoms with Crippen LogP contribution < -0.4 is 5.73 Å². The molecular weight excluding hydrogens is 218 g/mol. The Morgan fingerprint density at radius 1 is 1.25 bits per heavy atom. The first kappa shape index (κ1) is 13.0. The molecule has 0 bridgehead atoms. The van der Waals surface area contributed by atoms with Crippen LogP contribution in [0.2, 0.25) is 0 Å². The molecule has 2 nitrogen and oxygen atoms in total. The van der Waals surface area contributed by atoms with Crippen molar-refractivity contribution in [1.29, 1.82) is 0 Å². The summed E-state index contributed by atoms with van der Waals surface area (Å²) in [6.07, 6.45) is 0.769. The number of hydrogen-bond acceptors (Lipinski definition) is 3. The first-order valence-electron chi connectivity index (χ1n) is 5.28. The number of carbonyl (C=O) groups excluding carboxylic acids is 1. The van der Waals surface area contributed by atoms with E-state index in [0.717, 1.165) is 16.9 Å². The van der Waals surface area contributed by atoms with E-state index >= 15 is 0 Å². The second kappa shape index (κ2) is 6.51. The fourth-order valence-electron chi connectivity index (χ4n) is 1.28. The Hall–Kier alpha value is -1.06. The molecule has 0 spiro atoms. The molecule has 16 heavy (non-hydrogen) atoms. The number of hydrogen-bond donors (Lipinski definition) is 1. The van der Waals surface area contributed by atoms with Gasteiger partial charge in [-0.15, -0.1) is 0 Å². The van der Waals surface area contributed by atoms with Crippen molar-refractivity contribution in [3.05, 3.63) is 46.4 Å². The molecule has 2 N–H and O–H groups in total. The predicted octanol–water partition coefficient (Wildman–Crippen LogP) is 3.20. The van der Waals surface area contributed by atoms with E-state index in [9.17, 15) is 4.79 Å². The molecule has 0 radical (unpaired) electrons. The van der Waals surface area contributed by atoms with Gasteiger partial charge in [-0.3, -0.25) is 4.79 Å². The van der Waals surface area contributed by atoms with E-state index < -0.39 is 0 Å². The number of allylic oxidation sites excluding steroid dienone is 1. The minimum Gasteiger partial charge on any atom is -0.330 e. The van der Waals surface area contributed by atoms with Gasteiger partial charge in [0.25, 0.3) is 0 Å². The second-order valence-electron chi connectivity index (χ2n) is 3.72. The second-order valence-corrected chi connectivity index (χ2v) is 4.79. The molecule has 1 aromatic rings. The van der Waals surface area contributed by atoms with Crippen LogP contribution >= 0.6 is 11.8 Å². The monoisotopic (exact) mass is 235 g/mol. The fraction of sp³-hybridized carbons (Fsp3) is 0.308. The highest BCUT2D eigenvalue weighted by atomic mass is 32.2. The van der Waals surface area contributed by atoms with E-state index in [-0.39, 0.29) is 5.12 Å². The minimum absolute atomic E-state index is 0.0882. The lowest BCUT2D eigenvalue weighted by atomic mass is 10.2. The Labute approximate surface area is 101 Å². The fourth-order valence-corrected chi connectivity index (χ4v) is 2.18. The third-order valence-corrected chi connectivity index (χ3v) is 3.43. The van der Waals surface area contributed by atoms with Gasteiger partial charge in [0.1, 0.15) is 0 Å². The highest BCUT2D eigenvalue weighted by molar-refractivity contribution is 8.17. The molecule has 0 fully saturated rings. The van der Waals surface area contributed by atoms with Crippen molar-refractivity contribution < 1.29 is 4.79 Å². The molecule has 0 amide bonds. The number of rotatable bonds is 4. The summed E-state index contributed by atoms with van der Waals surface area (Å²) >= 11 is 1.29. The zero-order valence-electron chi connectivity index (χ0n) is 9.69. The molecule has 86 valence electrons. The zero-order chi connectivity index (χ0) is 12.0. The van der Waals surface area contributed by atoms with Crippen molar-refractivity contribution in [3.63, 3.8) is 0 Å². The van der Waals surface area contributed by atoms with Gasteiger partial charge in [0.05, 0.1) is 0 Å². The van der Waals surface area contributed by atoms with E-state index in [4.69, 9.17) is 5.73 Å². The lowest BCUT2D eigenvalue weighted by Crippen LogP contribution is -2.02. The van der Waals surface area contributed by atoms with E-state index in [1.165, 1.54) is 17.3 Å². The van der Waals surface area contributed by atoms with Gasteiger partial charge >= 0.3 is 0 Å². The minimum atomic E-state index is 0.0882. The summed E-state index contributed by atoms with van der Waals surface area (Å²) in [5.41, 5.74) is 7.43. The van der Waals surface area contributed by atoms with Crippen LogP contribution in [0.25, 0.3) is 0 Å². The van der Waals surface area contributed by atoms with Crippen LogP contribution in [0.15, 0.2) is 40.8 Å². The Morgan fingerprint density at radius 2 is 1.88 bits per heavy atom. The van der Waals surface area contributed by atoms with Crippen LogP contribution in [-0.4, -0.2) is 11.7 Å². The molecule has 0 aromatic heterocycles. The number of nitrogens with two attached hydrogens (primary N) is 1. The summed E-state index contributed by atoms with van der Waals surface area (Å²) in [4.78, 5) is 13.0. The SMILES string of the molecule is CC(C)=C(CCN)SC(=O)c1ccccc1. The van der Waals surface area contributed by atoms with Gasteiger partial charge in [0, 0.05) is 5.56 Å². The average molecular weight is 235 g/mol. The van der Waals surface area contributed by atoms with Crippen molar-refractivity contribution in [1.82, 2.24) is 0 Å². The summed E-state index contributed by atoms with van der Waals surface area (Å²) < 4.78 is 0. The summed E-state index contributed by atoms with van der Waals surface area (Å²) in [6, 6.07) is 9.32. The molecule has 1 aromatic carbocycles. The highest BCUT2D eigenvalue weighted by Gasteiger charge is 2.10. The summed E-state index contributed by atoms with van der Waals surface area (Å²) in [5, 5.41) is 0.0882. The lowest BCUT2D eigenvalue weighted by molar-refractivity contribution is 0.108. The van der Waals surface area contributed by atoms with Crippen LogP contribution in [-0.2, 0) is 0 Å². The molecular formula is C13H17NOS. The molecule has 0 saturated carbocycles. The van der Waals surface area contributed by atoms with Gasteiger partial charge < -0.3 is 5.73 Å². The summed E-state index contributed by atoms with van der Waals surface area (Å²) in [6.45, 7) is 4.60. The molecule has 0 saturated heterocycles. The number of carbonyl (C=O) groups is 1. The molecule has 0 aliphatic carbocycles. The van der Waals surface area contributed by atoms with Crippen molar-refractivity contribution in [2.45, 2.75) is 20.3 Å². The highest BCUT2D eigenvalue weighted by Crippen LogP contribution is 2.26.